The number of aromatic nitrogens is 1. The SMILES string of the molecule is C[C@@H]1CN(C(=O)COC(=O)c2ccc3noc(-c4ccccc4)c3c2)C[C@H](C)O1. The topological polar surface area (TPSA) is 81.9 Å². The van der Waals surface area contributed by atoms with Crippen LogP contribution in [-0.2, 0) is 14.3 Å². The van der Waals surface area contributed by atoms with Crippen molar-refractivity contribution in [3.63, 3.8) is 0 Å². The second-order valence-corrected chi connectivity index (χ2v) is 7.24. The summed E-state index contributed by atoms with van der Waals surface area (Å²) in [4.78, 5) is 26.6. The average molecular weight is 394 g/mol. The molecule has 0 spiro atoms. The molecule has 3 aromatic rings. The minimum atomic E-state index is -0.560. The predicted molar refractivity (Wildman–Crippen MR) is 106 cm³/mol. The standard InChI is InChI=1S/C22H22N2O5/c1-14-11-24(12-15(2)28-14)20(25)13-27-22(26)17-8-9-19-18(10-17)21(29-23-19)16-6-4-3-5-7-16/h3-10,14-15H,11-13H2,1-2H3/t14-,15+. The molecule has 150 valence electrons. The molecule has 2 aromatic carbocycles. The van der Waals surface area contributed by atoms with Gasteiger partial charge < -0.3 is 18.9 Å². The maximum Gasteiger partial charge on any atom is 0.338 e. The Morgan fingerprint density at radius 2 is 1.83 bits per heavy atom. The molecule has 1 aromatic heterocycles. The monoisotopic (exact) mass is 394 g/mol. The molecule has 4 rings (SSSR count). The van der Waals surface area contributed by atoms with Crippen molar-refractivity contribution < 1.29 is 23.6 Å². The van der Waals surface area contributed by atoms with Gasteiger partial charge in [-0.15, -0.1) is 0 Å². The fraction of sp³-hybridized carbons (Fsp3) is 0.318. The summed E-state index contributed by atoms with van der Waals surface area (Å²) < 4.78 is 16.3. The molecular formula is C22H22N2O5. The number of carbonyl (C=O) groups is 2. The lowest BCUT2D eigenvalue weighted by Crippen LogP contribution is -2.49. The Morgan fingerprint density at radius 1 is 1.10 bits per heavy atom. The smallest absolute Gasteiger partial charge is 0.338 e. The van der Waals surface area contributed by atoms with Gasteiger partial charge in [0, 0.05) is 18.7 Å². The van der Waals surface area contributed by atoms with E-state index >= 15 is 0 Å². The summed E-state index contributed by atoms with van der Waals surface area (Å²) in [5, 5.41) is 4.76. The molecule has 2 heterocycles. The molecule has 0 bridgehead atoms. The molecule has 0 unspecified atom stereocenters. The van der Waals surface area contributed by atoms with Gasteiger partial charge >= 0.3 is 5.97 Å². The Kier molecular flexibility index (Phi) is 5.31. The average Bonchev–Trinajstić information content (AvgIpc) is 3.15. The van der Waals surface area contributed by atoms with Gasteiger partial charge in [0.15, 0.2) is 12.4 Å². The van der Waals surface area contributed by atoms with Crippen LogP contribution in [0.4, 0.5) is 0 Å². The Bertz CT molecular complexity index is 1020. The fourth-order valence-electron chi connectivity index (χ4n) is 3.55. The van der Waals surface area contributed by atoms with E-state index in [9.17, 15) is 9.59 Å². The molecule has 29 heavy (non-hydrogen) atoms. The summed E-state index contributed by atoms with van der Waals surface area (Å²) in [6, 6.07) is 14.5. The van der Waals surface area contributed by atoms with Gasteiger partial charge in [-0.2, -0.15) is 0 Å². The van der Waals surface area contributed by atoms with Gasteiger partial charge in [0.1, 0.15) is 5.52 Å². The highest BCUT2D eigenvalue weighted by Crippen LogP contribution is 2.29. The third-order valence-corrected chi connectivity index (χ3v) is 4.85. The van der Waals surface area contributed by atoms with E-state index in [-0.39, 0.29) is 24.7 Å². The summed E-state index contributed by atoms with van der Waals surface area (Å²) >= 11 is 0. The van der Waals surface area contributed by atoms with E-state index in [2.05, 4.69) is 5.16 Å². The molecule has 0 N–H and O–H groups in total. The molecule has 0 radical (unpaired) electrons. The highest BCUT2D eigenvalue weighted by molar-refractivity contribution is 5.99. The minimum absolute atomic E-state index is 0.0363. The number of rotatable bonds is 4. The lowest BCUT2D eigenvalue weighted by molar-refractivity contribution is -0.146. The Hall–Kier alpha value is -3.19. The van der Waals surface area contributed by atoms with Gasteiger partial charge in [-0.25, -0.2) is 4.79 Å². The van der Waals surface area contributed by atoms with E-state index in [1.807, 2.05) is 44.2 Å². The Labute approximate surface area is 168 Å². The van der Waals surface area contributed by atoms with Crippen molar-refractivity contribution in [3.8, 4) is 11.3 Å². The van der Waals surface area contributed by atoms with Crippen molar-refractivity contribution in [2.24, 2.45) is 0 Å². The van der Waals surface area contributed by atoms with Crippen LogP contribution >= 0.6 is 0 Å². The number of esters is 1. The van der Waals surface area contributed by atoms with E-state index in [1.165, 1.54) is 0 Å². The molecule has 1 amide bonds. The first kappa shape index (κ1) is 19.1. The van der Waals surface area contributed by atoms with Gasteiger partial charge in [0.2, 0.25) is 0 Å². The summed E-state index contributed by atoms with van der Waals surface area (Å²) in [7, 11) is 0. The third kappa shape index (κ3) is 4.14. The van der Waals surface area contributed by atoms with Crippen molar-refractivity contribution in [3.05, 3.63) is 54.1 Å². The van der Waals surface area contributed by atoms with E-state index < -0.39 is 5.97 Å². The maximum atomic E-state index is 12.5. The summed E-state index contributed by atoms with van der Waals surface area (Å²) in [6.45, 7) is 4.52. The van der Waals surface area contributed by atoms with Crippen LogP contribution in [0.15, 0.2) is 53.1 Å². The molecule has 1 saturated heterocycles. The number of hydrogen-bond acceptors (Lipinski definition) is 6. The van der Waals surface area contributed by atoms with Gasteiger partial charge in [0.05, 0.1) is 23.2 Å². The molecule has 1 aliphatic heterocycles. The first-order chi connectivity index (χ1) is 14.0. The molecule has 2 atom stereocenters. The number of nitrogens with zero attached hydrogens (tertiary/aromatic N) is 2. The number of fused-ring (bicyclic) bond motifs is 1. The van der Waals surface area contributed by atoms with Crippen LogP contribution in [0, 0.1) is 0 Å². The van der Waals surface area contributed by atoms with Crippen molar-refractivity contribution in [1.29, 1.82) is 0 Å². The summed E-state index contributed by atoms with van der Waals surface area (Å²) in [6.07, 6.45) is -0.0726. The van der Waals surface area contributed by atoms with E-state index in [1.54, 1.807) is 23.1 Å². The molecule has 7 heteroatoms. The lowest BCUT2D eigenvalue weighted by atomic mass is 10.1. The second kappa shape index (κ2) is 8.05. The number of amides is 1. The number of benzene rings is 2. The van der Waals surface area contributed by atoms with Crippen molar-refractivity contribution in [2.75, 3.05) is 19.7 Å². The van der Waals surface area contributed by atoms with Crippen LogP contribution < -0.4 is 0 Å². The maximum absolute atomic E-state index is 12.5. The second-order valence-electron chi connectivity index (χ2n) is 7.24. The Morgan fingerprint density at radius 3 is 2.55 bits per heavy atom. The van der Waals surface area contributed by atoms with Crippen LogP contribution in [-0.4, -0.2) is 53.8 Å². The third-order valence-electron chi connectivity index (χ3n) is 4.85. The molecular weight excluding hydrogens is 372 g/mol. The van der Waals surface area contributed by atoms with Crippen LogP contribution in [0.3, 0.4) is 0 Å². The van der Waals surface area contributed by atoms with Crippen molar-refractivity contribution in [1.82, 2.24) is 10.1 Å². The van der Waals surface area contributed by atoms with Crippen LogP contribution in [0.1, 0.15) is 24.2 Å². The fourth-order valence-corrected chi connectivity index (χ4v) is 3.55. The zero-order valence-electron chi connectivity index (χ0n) is 16.3. The zero-order chi connectivity index (χ0) is 20.4. The van der Waals surface area contributed by atoms with Gasteiger partial charge in [0.25, 0.3) is 5.91 Å². The quantitative estimate of drug-likeness (QED) is 0.632. The van der Waals surface area contributed by atoms with Crippen LogP contribution in [0.5, 0.6) is 0 Å². The van der Waals surface area contributed by atoms with E-state index in [0.717, 1.165) is 5.56 Å². The van der Waals surface area contributed by atoms with Crippen LogP contribution in [0.2, 0.25) is 0 Å². The number of ether oxygens (including phenoxy) is 2. The first-order valence-electron chi connectivity index (χ1n) is 9.56. The first-order valence-corrected chi connectivity index (χ1v) is 9.56. The van der Waals surface area contributed by atoms with Crippen molar-refractivity contribution >= 4 is 22.8 Å². The highest BCUT2D eigenvalue weighted by Gasteiger charge is 2.26. The Balaban J connectivity index is 1.47. The van der Waals surface area contributed by atoms with E-state index in [0.29, 0.717) is 35.3 Å². The number of morpholine rings is 1. The molecule has 0 aliphatic carbocycles. The van der Waals surface area contributed by atoms with Crippen molar-refractivity contribution in [2.45, 2.75) is 26.1 Å². The van der Waals surface area contributed by atoms with Gasteiger partial charge in [-0.3, -0.25) is 4.79 Å². The normalized spacial score (nSPS) is 19.3. The van der Waals surface area contributed by atoms with Gasteiger partial charge in [-0.1, -0.05) is 35.5 Å². The highest BCUT2D eigenvalue weighted by atomic mass is 16.5. The predicted octanol–water partition coefficient (Wildman–Crippen LogP) is 3.29. The molecule has 1 aliphatic rings. The zero-order valence-corrected chi connectivity index (χ0v) is 16.3. The van der Waals surface area contributed by atoms with Gasteiger partial charge in [-0.05, 0) is 32.0 Å². The summed E-state index contributed by atoms with van der Waals surface area (Å²) in [5.41, 5.74) is 1.86. The van der Waals surface area contributed by atoms with Crippen LogP contribution in [0.25, 0.3) is 22.2 Å². The number of hydrogen-bond donors (Lipinski definition) is 0. The molecule has 7 nitrogen and oxygen atoms in total. The largest absolute Gasteiger partial charge is 0.452 e. The molecule has 0 saturated carbocycles. The minimum Gasteiger partial charge on any atom is -0.452 e. The lowest BCUT2D eigenvalue weighted by Gasteiger charge is -2.35. The van der Waals surface area contributed by atoms with E-state index in [4.69, 9.17) is 14.0 Å². The summed E-state index contributed by atoms with van der Waals surface area (Å²) in [5.74, 6) is -0.200. The number of carbonyl (C=O) groups excluding carboxylic acids is 2. The molecule has 1 fully saturated rings.